The van der Waals surface area contributed by atoms with Gasteiger partial charge in [0.2, 0.25) is 5.79 Å². The Kier molecular flexibility index (Phi) is 21.0. The fourth-order valence-electron chi connectivity index (χ4n) is 10.1. The smallest absolute Gasteiger partial charge is 0.329 e. The van der Waals surface area contributed by atoms with Gasteiger partial charge in [-0.25, -0.2) is 4.79 Å². The third-order valence-corrected chi connectivity index (χ3v) is 14.5. The predicted molar refractivity (Wildman–Crippen MR) is 245 cm³/mol. The van der Waals surface area contributed by atoms with Crippen molar-refractivity contribution in [2.75, 3.05) is 27.9 Å². The number of methoxy groups -OCH3 is 3. The van der Waals surface area contributed by atoms with Crippen molar-refractivity contribution in [1.29, 1.82) is 0 Å². The second-order valence-electron chi connectivity index (χ2n) is 19.6. The van der Waals surface area contributed by atoms with E-state index in [4.69, 9.17) is 23.7 Å². The van der Waals surface area contributed by atoms with E-state index in [-0.39, 0.29) is 54.8 Å². The highest BCUT2D eigenvalue weighted by atomic mass is 16.6. The van der Waals surface area contributed by atoms with Crippen LogP contribution < -0.4 is 0 Å². The second-order valence-corrected chi connectivity index (χ2v) is 19.6. The normalized spacial score (nSPS) is 37.8. The number of carbonyl (C=O) groups is 5. The van der Waals surface area contributed by atoms with Gasteiger partial charge in [-0.1, -0.05) is 71.1 Å². The van der Waals surface area contributed by atoms with Gasteiger partial charge in [-0.3, -0.25) is 19.2 Å². The van der Waals surface area contributed by atoms with Gasteiger partial charge in [-0.2, -0.15) is 0 Å². The molecule has 0 aromatic carbocycles. The van der Waals surface area contributed by atoms with E-state index in [1.165, 1.54) is 12.0 Å². The van der Waals surface area contributed by atoms with Gasteiger partial charge >= 0.3 is 5.97 Å². The van der Waals surface area contributed by atoms with Crippen molar-refractivity contribution in [2.24, 2.45) is 35.5 Å². The molecular weight excluding hydrogens is 835 g/mol. The van der Waals surface area contributed by atoms with Gasteiger partial charge < -0.3 is 43.9 Å². The summed E-state index contributed by atoms with van der Waals surface area (Å²) in [5, 5.41) is 33.9. The molecule has 65 heavy (non-hydrogen) atoms. The van der Waals surface area contributed by atoms with Crippen LogP contribution in [-0.4, -0.2) is 132 Å². The molecule has 1 saturated carbocycles. The average Bonchev–Trinajstić information content (AvgIpc) is 3.28. The lowest BCUT2D eigenvalue weighted by atomic mass is 9.78. The number of ketones is 3. The van der Waals surface area contributed by atoms with E-state index in [0.29, 0.717) is 63.4 Å². The fourth-order valence-corrected chi connectivity index (χ4v) is 10.1. The van der Waals surface area contributed by atoms with Gasteiger partial charge in [0.15, 0.2) is 11.6 Å². The SMILES string of the molecule is COC1C(=O)C(C)C[C@H](C)C=CC=CC=C(C)[C@@H](OC)CC2CC[C@@H](C)[C@@](O)(O2)C(=O)C(=O)N2CCCC[C@H]2C(=O)O[C@H]([C@H](C)C[C@@H]2CCC(O)[C@H](OC)C2)CC(=O)C(C)=CC(C)[C@H]1O. The van der Waals surface area contributed by atoms with Crippen LogP contribution in [0.15, 0.2) is 47.6 Å². The Morgan fingerprint density at radius 2 is 1.58 bits per heavy atom. The van der Waals surface area contributed by atoms with Crippen molar-refractivity contribution >= 4 is 29.2 Å². The highest BCUT2D eigenvalue weighted by molar-refractivity contribution is 6.39. The molecule has 2 bridgehead atoms. The van der Waals surface area contributed by atoms with Gasteiger partial charge in [-0.05, 0) is 107 Å². The highest BCUT2D eigenvalue weighted by Crippen LogP contribution is 2.38. The molecule has 14 nitrogen and oxygen atoms in total. The molecule has 14 heteroatoms. The quantitative estimate of drug-likeness (QED) is 0.202. The molecule has 3 N–H and O–H groups in total. The van der Waals surface area contributed by atoms with Crippen LogP contribution in [0, 0.1) is 35.5 Å². The van der Waals surface area contributed by atoms with Gasteiger partial charge in [0, 0.05) is 58.5 Å². The molecule has 4 aliphatic rings. The van der Waals surface area contributed by atoms with E-state index in [0.717, 1.165) is 12.0 Å². The number of hydrogen-bond acceptors (Lipinski definition) is 13. The largest absolute Gasteiger partial charge is 0.460 e. The molecule has 15 atom stereocenters. The number of hydrogen-bond donors (Lipinski definition) is 3. The minimum absolute atomic E-state index is 0.0220. The summed E-state index contributed by atoms with van der Waals surface area (Å²) in [4.78, 5) is 71.7. The molecule has 1 amide bonds. The number of rotatable bonds is 6. The van der Waals surface area contributed by atoms with Crippen LogP contribution in [0.4, 0.5) is 0 Å². The Labute approximate surface area is 387 Å². The average molecular weight is 914 g/mol. The maximum atomic E-state index is 14.4. The number of allylic oxidation sites excluding steroid dienone is 6. The number of nitrogens with zero attached hydrogens (tertiary/aromatic N) is 1. The van der Waals surface area contributed by atoms with Gasteiger partial charge in [0.1, 0.15) is 18.2 Å². The summed E-state index contributed by atoms with van der Waals surface area (Å²) in [6, 6.07) is -1.14. The molecule has 5 unspecified atom stereocenters. The Bertz CT molecular complexity index is 1760. The number of piperidine rings is 1. The zero-order valence-electron chi connectivity index (χ0n) is 40.6. The summed E-state index contributed by atoms with van der Waals surface area (Å²) in [5.41, 5.74) is 1.19. The molecule has 3 aliphatic heterocycles. The first-order chi connectivity index (χ1) is 30.7. The third-order valence-electron chi connectivity index (χ3n) is 14.5. The van der Waals surface area contributed by atoms with E-state index >= 15 is 0 Å². The summed E-state index contributed by atoms with van der Waals surface area (Å²) in [6.45, 7) is 12.7. The molecule has 0 radical (unpaired) electrons. The highest BCUT2D eigenvalue weighted by Gasteiger charge is 2.53. The zero-order chi connectivity index (χ0) is 48.2. The van der Waals surface area contributed by atoms with Crippen LogP contribution in [0.25, 0.3) is 0 Å². The van der Waals surface area contributed by atoms with E-state index in [2.05, 4.69) is 0 Å². The van der Waals surface area contributed by atoms with Gasteiger partial charge in [0.05, 0.1) is 30.5 Å². The fraction of sp³-hybridized carbons (Fsp3) is 0.745. The topological polar surface area (TPSA) is 195 Å². The summed E-state index contributed by atoms with van der Waals surface area (Å²) >= 11 is 0. The first-order valence-corrected chi connectivity index (χ1v) is 23.9. The van der Waals surface area contributed by atoms with E-state index < -0.39 is 83.9 Å². The van der Waals surface area contributed by atoms with E-state index in [1.807, 2.05) is 58.1 Å². The monoisotopic (exact) mass is 914 g/mol. The number of aliphatic hydroxyl groups is 3. The molecule has 3 fully saturated rings. The van der Waals surface area contributed by atoms with Crippen LogP contribution in [0.5, 0.6) is 0 Å². The second kappa shape index (κ2) is 25.1. The number of fused-ring (bicyclic) bond motifs is 3. The molecular formula is C51H79NO13. The lowest BCUT2D eigenvalue weighted by molar-refractivity contribution is -0.265. The van der Waals surface area contributed by atoms with Crippen LogP contribution in [0.2, 0.25) is 0 Å². The standard InChI is InChI=1S/C51H79NO13/c1-30-16-12-11-13-17-31(2)42(61-8)28-38-21-19-36(7)51(60,65-38)48(57)49(58)52-23-15-14-18-39(52)50(59)64-43(33(4)26-37-20-22-40(53)44(27-37)62-9)29-41(54)32(3)25-35(6)46(56)47(63-10)45(55)34(5)24-30/h11-13,16-17,25,30,33-40,42-44,46-47,53,56,60H,14-15,18-24,26-29H2,1-10H3/t30-,33-,34?,35?,36-,37+,38?,39+,40?,42+,43+,44-,46-,47?,51-/m1/s1. The molecule has 0 aromatic heterocycles. The number of amides is 1. The predicted octanol–water partition coefficient (Wildman–Crippen LogP) is 6.18. The van der Waals surface area contributed by atoms with Gasteiger partial charge in [-0.15, -0.1) is 0 Å². The van der Waals surface area contributed by atoms with Crippen molar-refractivity contribution in [3.05, 3.63) is 47.6 Å². The maximum absolute atomic E-state index is 14.4. The van der Waals surface area contributed by atoms with Crippen molar-refractivity contribution in [3.8, 4) is 0 Å². The summed E-state index contributed by atoms with van der Waals surface area (Å²) < 4.78 is 29.4. The van der Waals surface area contributed by atoms with Crippen LogP contribution in [0.3, 0.4) is 0 Å². The molecule has 0 aromatic rings. The number of Topliss-reactive ketones (excluding diaryl/α,β-unsaturated/α-hetero) is 3. The summed E-state index contributed by atoms with van der Waals surface area (Å²) in [6.07, 6.45) is 11.2. The summed E-state index contributed by atoms with van der Waals surface area (Å²) in [7, 11) is 4.53. The Hall–Kier alpha value is -3.37. The minimum Gasteiger partial charge on any atom is -0.460 e. The van der Waals surface area contributed by atoms with Crippen molar-refractivity contribution in [2.45, 2.75) is 180 Å². The molecule has 2 saturated heterocycles. The van der Waals surface area contributed by atoms with Crippen LogP contribution >= 0.6 is 0 Å². The lowest BCUT2D eigenvalue weighted by Gasteiger charge is -2.42. The van der Waals surface area contributed by atoms with Crippen molar-refractivity contribution < 1.29 is 63.0 Å². The molecule has 4 rings (SSSR count). The van der Waals surface area contributed by atoms with Crippen LogP contribution in [0.1, 0.15) is 126 Å². The number of carbonyl (C=O) groups excluding carboxylic acids is 5. The Balaban J connectivity index is 1.70. The third kappa shape index (κ3) is 14.3. The van der Waals surface area contributed by atoms with Crippen molar-refractivity contribution in [1.82, 2.24) is 4.90 Å². The molecule has 3 heterocycles. The first-order valence-electron chi connectivity index (χ1n) is 23.9. The number of aliphatic hydroxyl groups excluding tert-OH is 2. The Morgan fingerprint density at radius 3 is 2.26 bits per heavy atom. The number of cyclic esters (lactones) is 1. The maximum Gasteiger partial charge on any atom is 0.329 e. The van der Waals surface area contributed by atoms with E-state index in [1.54, 1.807) is 41.1 Å². The first kappa shape index (κ1) is 54.2. The van der Waals surface area contributed by atoms with Crippen molar-refractivity contribution in [3.63, 3.8) is 0 Å². The molecule has 1 aliphatic carbocycles. The van der Waals surface area contributed by atoms with Crippen LogP contribution in [-0.2, 0) is 47.7 Å². The number of esters is 1. The molecule has 0 spiro atoms. The lowest BCUT2D eigenvalue weighted by Crippen LogP contribution is -2.61. The Morgan fingerprint density at radius 1 is 0.862 bits per heavy atom. The summed E-state index contributed by atoms with van der Waals surface area (Å²) in [5.74, 6) is -7.93. The number of ether oxygens (including phenoxy) is 5. The van der Waals surface area contributed by atoms with Gasteiger partial charge in [0.25, 0.3) is 11.7 Å². The zero-order valence-corrected chi connectivity index (χ0v) is 40.6. The minimum atomic E-state index is -2.43. The molecule has 366 valence electrons. The van der Waals surface area contributed by atoms with E-state index in [9.17, 15) is 39.3 Å².